The number of ether oxygens (including phenoxy) is 14. The highest BCUT2D eigenvalue weighted by Gasteiger charge is 2.60. The summed E-state index contributed by atoms with van der Waals surface area (Å²) in [4.78, 5) is -0.830. The van der Waals surface area contributed by atoms with Crippen molar-refractivity contribution in [1.82, 2.24) is 0 Å². The van der Waals surface area contributed by atoms with E-state index in [1.165, 1.54) is 48.5 Å². The predicted molar refractivity (Wildman–Crippen MR) is 303 cm³/mol. The zero-order chi connectivity index (χ0) is 70.4. The molecule has 21 saturated heterocycles. The first-order valence-corrected chi connectivity index (χ1v) is 33.4. The summed E-state index contributed by atoms with van der Waals surface area (Å²) in [5.74, 6) is 0. The maximum Gasteiger partial charge on any atom is 0.297 e. The molecule has 19 N–H and O–H groups in total. The average molecular weight is 1440 g/mol. The van der Waals surface area contributed by atoms with E-state index in [1.54, 1.807) is 13.8 Å². The van der Waals surface area contributed by atoms with Gasteiger partial charge in [0.2, 0.25) is 0 Å². The molecular weight excluding hydrogens is 1360 g/mol. The maximum absolute atomic E-state index is 13.7. The van der Waals surface area contributed by atoms with E-state index >= 15 is 0 Å². The SMILES string of the molecule is Cc1ccc(S(=O)(=O)OC[C@H]2O[C@@H]3O[C@H]4[C@H](O)[C@@H](O)[C@@H](O[C@H]5[C@H](O)[C@@H](O)[C@@H](O[C@H]6[C@H](O)[C@@H](O)[C@@H](O[C@H]7[C@H](O)[C@@H](O)[C@@H](O[C@H]8[C@@H](O)[C@H](O)[C@@H](O[C@H]9[C@@H](O)[C@H](O)[C@@H](O[C@H]2[C@H](O)[C@H]3O)O[C@@H]9CO)O[C@@H]8CO)O[C@@H]7CO)O[C@@H]6CO)O[C@@H]5CO)O[C@@H]4COS(=O)(=O)c2ccc(C)cc2)cc1. The Morgan fingerprint density at radius 3 is 0.608 bits per heavy atom. The summed E-state index contributed by atoms with van der Waals surface area (Å²) in [5.41, 5.74) is 1.26. The number of aryl methyl sites for hydroxylation is 2. The van der Waals surface area contributed by atoms with Crippen molar-refractivity contribution in [3.8, 4) is 0 Å². The van der Waals surface area contributed by atoms with Gasteiger partial charge in [0.05, 0.1) is 56.0 Å². The quantitative estimate of drug-likeness (QED) is 0.0828. The molecule has 552 valence electrons. The molecule has 2 aromatic rings. The Bertz CT molecular complexity index is 2980. The predicted octanol–water partition coefficient (Wildman–Crippen LogP) is -11.8. The molecule has 0 aliphatic carbocycles. The Balaban J connectivity index is 0.992. The summed E-state index contributed by atoms with van der Waals surface area (Å²) in [6.45, 7) is -4.72. The highest BCUT2D eigenvalue weighted by Crippen LogP contribution is 2.40. The molecule has 0 amide bonds. The van der Waals surface area contributed by atoms with Crippen molar-refractivity contribution in [2.45, 2.75) is 239 Å². The molecule has 2 aromatic carbocycles. The second-order valence-corrected chi connectivity index (χ2v) is 27.6. The highest BCUT2D eigenvalue weighted by atomic mass is 32.2. The zero-order valence-electron chi connectivity index (χ0n) is 51.3. The van der Waals surface area contributed by atoms with Crippen LogP contribution in [0, 0.1) is 13.8 Å². The van der Waals surface area contributed by atoms with Crippen LogP contribution in [0.3, 0.4) is 0 Å². The van der Waals surface area contributed by atoms with E-state index in [0.29, 0.717) is 11.1 Å². The third-order valence-corrected chi connectivity index (χ3v) is 20.4. The van der Waals surface area contributed by atoms with Crippen molar-refractivity contribution >= 4 is 20.2 Å². The first kappa shape index (κ1) is 76.6. The van der Waals surface area contributed by atoms with Crippen LogP contribution in [0.15, 0.2) is 58.3 Å². The van der Waals surface area contributed by atoms with Crippen LogP contribution in [0.25, 0.3) is 0 Å². The van der Waals surface area contributed by atoms with E-state index in [2.05, 4.69) is 0 Å². The van der Waals surface area contributed by atoms with Crippen LogP contribution in [0.2, 0.25) is 0 Å². The number of benzene rings is 2. The number of hydrogen-bond acceptors (Lipinski definition) is 39. The Morgan fingerprint density at radius 1 is 0.268 bits per heavy atom. The summed E-state index contributed by atoms with van der Waals surface area (Å²) in [6.07, 6.45) is -75.7. The van der Waals surface area contributed by atoms with Gasteiger partial charge in [0.25, 0.3) is 20.2 Å². The molecule has 0 saturated carbocycles. The number of rotatable bonds is 13. The van der Waals surface area contributed by atoms with Crippen molar-refractivity contribution < 1.29 is 189 Å². The lowest BCUT2D eigenvalue weighted by atomic mass is 9.95. The van der Waals surface area contributed by atoms with Gasteiger partial charge in [0, 0.05) is 0 Å². The minimum Gasteiger partial charge on any atom is -0.394 e. The fraction of sp³-hybridized carbons (Fsp3) is 0.786. The van der Waals surface area contributed by atoms with Gasteiger partial charge in [0.1, 0.15) is 171 Å². The van der Waals surface area contributed by atoms with Crippen molar-refractivity contribution in [2.75, 3.05) is 46.2 Å². The van der Waals surface area contributed by atoms with Crippen LogP contribution < -0.4 is 0 Å². The number of aliphatic hydroxyl groups is 19. The van der Waals surface area contributed by atoms with E-state index in [4.69, 9.17) is 74.7 Å². The van der Waals surface area contributed by atoms with Gasteiger partial charge in [-0.25, -0.2) is 0 Å². The lowest BCUT2D eigenvalue weighted by molar-refractivity contribution is -0.396. The van der Waals surface area contributed by atoms with Crippen molar-refractivity contribution in [1.29, 1.82) is 0 Å². The van der Waals surface area contributed by atoms with E-state index in [9.17, 15) is 114 Å². The molecule has 39 nitrogen and oxygen atoms in total. The first-order chi connectivity index (χ1) is 45.9. The molecule has 41 heteroatoms. The van der Waals surface area contributed by atoms with Gasteiger partial charge in [-0.2, -0.15) is 16.8 Å². The van der Waals surface area contributed by atoms with Crippen molar-refractivity contribution in [3.63, 3.8) is 0 Å². The highest BCUT2D eigenvalue weighted by molar-refractivity contribution is 7.87. The largest absolute Gasteiger partial charge is 0.394 e. The summed E-state index contributed by atoms with van der Waals surface area (Å²) >= 11 is 0. The fourth-order valence-corrected chi connectivity index (χ4v) is 14.1. The van der Waals surface area contributed by atoms with Crippen LogP contribution in [-0.2, 0) is 94.9 Å². The molecule has 97 heavy (non-hydrogen) atoms. The van der Waals surface area contributed by atoms with Gasteiger partial charge < -0.3 is 163 Å². The fourth-order valence-electron chi connectivity index (χ4n) is 12.2. The van der Waals surface area contributed by atoms with Crippen LogP contribution in [0.5, 0.6) is 0 Å². The second-order valence-electron chi connectivity index (χ2n) is 24.4. The summed E-state index contributed by atoms with van der Waals surface area (Å²) in [6, 6.07) is 10.4. The molecule has 21 heterocycles. The third kappa shape index (κ3) is 16.0. The molecule has 14 bridgehead atoms. The molecule has 0 radical (unpaired) electrons. The van der Waals surface area contributed by atoms with Gasteiger partial charge in [0.15, 0.2) is 44.0 Å². The Labute approximate surface area is 551 Å². The first-order valence-electron chi connectivity index (χ1n) is 30.6. The Kier molecular flexibility index (Phi) is 25.2. The van der Waals surface area contributed by atoms with Gasteiger partial charge >= 0.3 is 0 Å². The topological polar surface area (TPSA) is 600 Å². The molecular formula is C56H82O39S2. The van der Waals surface area contributed by atoms with Crippen LogP contribution in [0.4, 0.5) is 0 Å². The Morgan fingerprint density at radius 2 is 0.433 bits per heavy atom. The van der Waals surface area contributed by atoms with Gasteiger partial charge in [-0.1, -0.05) is 35.4 Å². The van der Waals surface area contributed by atoms with E-state index in [1.807, 2.05) is 0 Å². The van der Waals surface area contributed by atoms with E-state index < -0.39 is 291 Å². The molecule has 35 atom stereocenters. The second kappa shape index (κ2) is 31.9. The molecule has 21 fully saturated rings. The van der Waals surface area contributed by atoms with Gasteiger partial charge in [-0.15, -0.1) is 0 Å². The molecule has 23 rings (SSSR count). The molecule has 21 aliphatic heterocycles. The standard InChI is InChI=1S/C56H82O39S2/c1-18-3-7-20(8-4-18)96(76,77)80-16-27-48-35(68)42(75)56(88-27)95-49-28(17-81-97(78,79)21-9-5-19(2)6-10-21)87-55(41(74)34(49)67)93-47-26(15-61)85-53(39(72)32(47)65)91-45-24(13-59)83-51(37(70)30(45)63)89-43-22(11-57)82-50(36(69)29(43)62)90-44-23(12-58)84-52(38(71)31(44)64)92-46-25(14-60)86-54(94-48)40(73)33(46)66/h3-10,22-75H,11-17H2,1-2H3/t22-,23-,24-,25-,26-,27-,28-,29-,30-,31+,32-,33+,34-,35-,36-,37-,38+,39-,40+,41-,42-,43-,44-,45-,46-,47-,48-,49-,50-,51-,52-,53-,54-,55-,56-/m1/s1. The zero-order valence-corrected chi connectivity index (χ0v) is 52.9. The number of aliphatic hydroxyl groups excluding tert-OH is 19. The maximum atomic E-state index is 13.7. The monoisotopic (exact) mass is 1440 g/mol. The molecule has 0 unspecified atom stereocenters. The average Bonchev–Trinajstić information content (AvgIpc) is 0.783. The van der Waals surface area contributed by atoms with Gasteiger partial charge in [-0.05, 0) is 38.1 Å². The van der Waals surface area contributed by atoms with Crippen molar-refractivity contribution in [3.05, 3.63) is 59.7 Å². The smallest absolute Gasteiger partial charge is 0.297 e. The lowest BCUT2D eigenvalue weighted by Gasteiger charge is -2.50. The third-order valence-electron chi connectivity index (χ3n) is 17.8. The summed E-state index contributed by atoms with van der Waals surface area (Å²) < 4.78 is 147. The number of hydrogen-bond donors (Lipinski definition) is 19. The lowest BCUT2D eigenvalue weighted by Crippen LogP contribution is -2.68. The Hall–Kier alpha value is -3.06. The minimum atomic E-state index is -4.80. The minimum absolute atomic E-state index is 0.415. The molecule has 0 spiro atoms. The van der Waals surface area contributed by atoms with Gasteiger partial charge in [-0.3, -0.25) is 8.37 Å². The van der Waals surface area contributed by atoms with Crippen LogP contribution >= 0.6 is 0 Å². The summed E-state index contributed by atoms with van der Waals surface area (Å²) in [7, 11) is -9.60. The molecule has 21 aliphatic rings. The van der Waals surface area contributed by atoms with Crippen molar-refractivity contribution in [2.24, 2.45) is 0 Å². The summed E-state index contributed by atoms with van der Waals surface area (Å²) in [5, 5.41) is 216. The van der Waals surface area contributed by atoms with E-state index in [0.717, 1.165) is 0 Å². The normalized spacial score (nSPS) is 46.7. The van der Waals surface area contributed by atoms with Crippen LogP contribution in [0.1, 0.15) is 11.1 Å². The molecule has 0 aromatic heterocycles. The van der Waals surface area contributed by atoms with E-state index in [-0.39, 0.29) is 0 Å². The van der Waals surface area contributed by atoms with Crippen LogP contribution in [-0.4, -0.2) is 375 Å².